The molecule has 29 heavy (non-hydrogen) atoms. The molecule has 150 valence electrons. The van der Waals surface area contributed by atoms with E-state index in [0.29, 0.717) is 5.56 Å². The summed E-state index contributed by atoms with van der Waals surface area (Å²) >= 11 is 5.65. The van der Waals surface area contributed by atoms with E-state index in [0.717, 1.165) is 23.8 Å². The first kappa shape index (κ1) is 20.8. The molecule has 3 rings (SSSR count). The highest BCUT2D eigenvalue weighted by Gasteiger charge is 2.17. The summed E-state index contributed by atoms with van der Waals surface area (Å²) in [7, 11) is -3.95. The third kappa shape index (κ3) is 5.10. The number of hydrogen-bond acceptors (Lipinski definition) is 4. The van der Waals surface area contributed by atoms with Gasteiger partial charge in [0.25, 0.3) is 15.9 Å². The van der Waals surface area contributed by atoms with E-state index in [1.807, 2.05) is 13.0 Å². The van der Waals surface area contributed by atoms with Gasteiger partial charge >= 0.3 is 0 Å². The van der Waals surface area contributed by atoms with Crippen LogP contribution < -0.4 is 10.0 Å². The fourth-order valence-corrected chi connectivity index (χ4v) is 3.87. The molecule has 1 unspecified atom stereocenters. The van der Waals surface area contributed by atoms with Crippen molar-refractivity contribution in [1.82, 2.24) is 10.3 Å². The number of benzene rings is 2. The number of pyridine rings is 1. The molecule has 0 aliphatic rings. The van der Waals surface area contributed by atoms with Gasteiger partial charge in [0.2, 0.25) is 0 Å². The number of aromatic nitrogens is 1. The summed E-state index contributed by atoms with van der Waals surface area (Å²) in [6, 6.07) is 12.5. The molecule has 0 aliphatic carbocycles. The maximum absolute atomic E-state index is 13.2. The lowest BCUT2D eigenvalue weighted by molar-refractivity contribution is 0.0940. The van der Waals surface area contributed by atoms with Crippen LogP contribution in [-0.2, 0) is 10.0 Å². The monoisotopic (exact) mass is 433 g/mol. The van der Waals surface area contributed by atoms with Crippen molar-refractivity contribution in [3.63, 3.8) is 0 Å². The van der Waals surface area contributed by atoms with Gasteiger partial charge in [0.15, 0.2) is 0 Å². The molecular formula is C20H17ClFN3O3S. The highest BCUT2D eigenvalue weighted by molar-refractivity contribution is 7.92. The normalized spacial score (nSPS) is 12.2. The van der Waals surface area contributed by atoms with Crippen LogP contribution >= 0.6 is 11.6 Å². The molecule has 0 bridgehead atoms. The van der Waals surface area contributed by atoms with Crippen LogP contribution in [0.5, 0.6) is 0 Å². The lowest BCUT2D eigenvalue weighted by Crippen LogP contribution is -2.26. The summed E-state index contributed by atoms with van der Waals surface area (Å²) in [4.78, 5) is 16.2. The number of amides is 1. The average molecular weight is 434 g/mol. The van der Waals surface area contributed by atoms with Crippen LogP contribution in [0, 0.1) is 5.82 Å². The number of rotatable bonds is 6. The van der Waals surface area contributed by atoms with E-state index in [9.17, 15) is 17.6 Å². The van der Waals surface area contributed by atoms with E-state index in [2.05, 4.69) is 15.0 Å². The van der Waals surface area contributed by atoms with Crippen LogP contribution in [0.2, 0.25) is 5.02 Å². The molecule has 0 aliphatic heterocycles. The SMILES string of the molecule is CC(NC(=O)c1ccc(NS(=O)(=O)c2ccc(F)c(Cl)c2)cc1)c1cccnc1. The lowest BCUT2D eigenvalue weighted by Gasteiger charge is -2.14. The Bertz CT molecular complexity index is 1120. The van der Waals surface area contributed by atoms with Crippen LogP contribution in [0.4, 0.5) is 10.1 Å². The second-order valence-corrected chi connectivity index (χ2v) is 8.33. The first-order chi connectivity index (χ1) is 13.8. The van der Waals surface area contributed by atoms with Gasteiger partial charge in [0, 0.05) is 23.6 Å². The number of carbonyl (C=O) groups is 1. The summed E-state index contributed by atoms with van der Waals surface area (Å²) in [5.74, 6) is -1.01. The van der Waals surface area contributed by atoms with Crippen molar-refractivity contribution in [1.29, 1.82) is 0 Å². The third-order valence-corrected chi connectivity index (χ3v) is 5.80. The molecule has 0 saturated carbocycles. The fraction of sp³-hybridized carbons (Fsp3) is 0.100. The molecular weight excluding hydrogens is 417 g/mol. The number of nitrogens with zero attached hydrogens (tertiary/aromatic N) is 1. The van der Waals surface area contributed by atoms with Crippen LogP contribution in [-0.4, -0.2) is 19.3 Å². The van der Waals surface area contributed by atoms with Crippen LogP contribution in [0.15, 0.2) is 71.9 Å². The molecule has 0 fully saturated rings. The van der Waals surface area contributed by atoms with Crippen LogP contribution in [0.1, 0.15) is 28.9 Å². The summed E-state index contributed by atoms with van der Waals surface area (Å²) in [6.45, 7) is 1.84. The summed E-state index contributed by atoms with van der Waals surface area (Å²) in [6.07, 6.45) is 3.32. The van der Waals surface area contributed by atoms with Gasteiger partial charge in [-0.2, -0.15) is 0 Å². The van der Waals surface area contributed by atoms with E-state index in [1.54, 1.807) is 18.5 Å². The highest BCUT2D eigenvalue weighted by atomic mass is 35.5. The van der Waals surface area contributed by atoms with Crippen molar-refractivity contribution < 1.29 is 17.6 Å². The minimum Gasteiger partial charge on any atom is -0.345 e. The van der Waals surface area contributed by atoms with Gasteiger partial charge in [-0.05, 0) is 61.0 Å². The molecule has 9 heteroatoms. The van der Waals surface area contributed by atoms with E-state index in [4.69, 9.17) is 11.6 Å². The summed E-state index contributed by atoms with van der Waals surface area (Å²) < 4.78 is 40.4. The van der Waals surface area contributed by atoms with Crippen molar-refractivity contribution in [3.05, 3.63) is 89.0 Å². The second kappa shape index (κ2) is 8.59. The number of carbonyl (C=O) groups excluding carboxylic acids is 1. The number of halogens is 2. The van der Waals surface area contributed by atoms with Gasteiger partial charge in [-0.15, -0.1) is 0 Å². The first-order valence-electron chi connectivity index (χ1n) is 8.55. The Morgan fingerprint density at radius 1 is 1.14 bits per heavy atom. The number of hydrogen-bond donors (Lipinski definition) is 2. The molecule has 6 nitrogen and oxygen atoms in total. The number of anilines is 1. The summed E-state index contributed by atoms with van der Waals surface area (Å²) in [5.41, 5.74) is 1.49. The summed E-state index contributed by atoms with van der Waals surface area (Å²) in [5, 5.41) is 2.56. The lowest BCUT2D eigenvalue weighted by atomic mass is 10.1. The van der Waals surface area contributed by atoms with Gasteiger partial charge < -0.3 is 5.32 Å². The van der Waals surface area contributed by atoms with Crippen LogP contribution in [0.3, 0.4) is 0 Å². The number of sulfonamides is 1. The predicted molar refractivity (Wildman–Crippen MR) is 109 cm³/mol. The molecule has 1 aromatic heterocycles. The van der Waals surface area contributed by atoms with Crippen molar-refractivity contribution in [2.45, 2.75) is 17.9 Å². The van der Waals surface area contributed by atoms with Gasteiger partial charge in [0.05, 0.1) is 16.0 Å². The standard InChI is InChI=1S/C20H17ClFN3O3S/c1-13(15-3-2-10-23-12-15)24-20(26)14-4-6-16(7-5-14)25-29(27,28)17-8-9-19(22)18(21)11-17/h2-13,25H,1H3,(H,24,26). The Morgan fingerprint density at radius 2 is 1.86 bits per heavy atom. The Balaban J connectivity index is 1.69. The van der Waals surface area contributed by atoms with Gasteiger partial charge in [-0.1, -0.05) is 17.7 Å². The molecule has 1 heterocycles. The van der Waals surface area contributed by atoms with Gasteiger partial charge in [-0.3, -0.25) is 14.5 Å². The van der Waals surface area contributed by atoms with E-state index in [-0.39, 0.29) is 27.6 Å². The first-order valence-corrected chi connectivity index (χ1v) is 10.4. The predicted octanol–water partition coefficient (Wildman–Crippen LogP) is 4.17. The van der Waals surface area contributed by atoms with E-state index in [1.165, 1.54) is 24.3 Å². The van der Waals surface area contributed by atoms with Crippen molar-refractivity contribution in [2.75, 3.05) is 4.72 Å². The smallest absolute Gasteiger partial charge is 0.261 e. The van der Waals surface area contributed by atoms with Crippen molar-refractivity contribution >= 4 is 33.2 Å². The highest BCUT2D eigenvalue weighted by Crippen LogP contribution is 2.22. The average Bonchev–Trinajstić information content (AvgIpc) is 2.70. The molecule has 1 amide bonds. The van der Waals surface area contributed by atoms with Crippen molar-refractivity contribution in [2.24, 2.45) is 0 Å². The van der Waals surface area contributed by atoms with E-state index < -0.39 is 15.8 Å². The Morgan fingerprint density at radius 3 is 2.48 bits per heavy atom. The van der Waals surface area contributed by atoms with E-state index >= 15 is 0 Å². The van der Waals surface area contributed by atoms with Gasteiger partial charge in [0.1, 0.15) is 5.82 Å². The zero-order chi connectivity index (χ0) is 21.0. The Labute approximate surface area is 172 Å². The number of nitrogens with one attached hydrogen (secondary N) is 2. The van der Waals surface area contributed by atoms with Crippen molar-refractivity contribution in [3.8, 4) is 0 Å². The van der Waals surface area contributed by atoms with Crippen LogP contribution in [0.25, 0.3) is 0 Å². The largest absolute Gasteiger partial charge is 0.345 e. The zero-order valence-electron chi connectivity index (χ0n) is 15.3. The Hall–Kier alpha value is -2.97. The molecule has 0 saturated heterocycles. The minimum absolute atomic E-state index is 0.170. The quantitative estimate of drug-likeness (QED) is 0.610. The molecule has 0 radical (unpaired) electrons. The second-order valence-electron chi connectivity index (χ2n) is 6.24. The zero-order valence-corrected chi connectivity index (χ0v) is 16.8. The molecule has 1 atom stereocenters. The molecule has 2 N–H and O–H groups in total. The molecule has 0 spiro atoms. The maximum Gasteiger partial charge on any atom is 0.261 e. The fourth-order valence-electron chi connectivity index (χ4n) is 2.54. The topological polar surface area (TPSA) is 88.2 Å². The minimum atomic E-state index is -3.95. The van der Waals surface area contributed by atoms with Gasteiger partial charge in [-0.25, -0.2) is 12.8 Å². The molecule has 3 aromatic rings. The third-order valence-electron chi connectivity index (χ3n) is 4.13. The maximum atomic E-state index is 13.2. The Kier molecular flexibility index (Phi) is 6.14. The molecule has 2 aromatic carbocycles.